The van der Waals surface area contributed by atoms with E-state index in [1.807, 2.05) is 6.08 Å². The molecule has 0 aliphatic heterocycles. The molecular formula is C14H15ClO3. The first-order chi connectivity index (χ1) is 8.74. The first-order valence-corrected chi connectivity index (χ1v) is 6.28. The largest absolute Gasteiger partial charge is 0.493 e. The van der Waals surface area contributed by atoms with Crippen molar-refractivity contribution >= 4 is 17.9 Å². The molecule has 1 aliphatic rings. The third-order valence-corrected chi connectivity index (χ3v) is 3.09. The van der Waals surface area contributed by atoms with E-state index in [0.717, 1.165) is 25.5 Å². The number of halogens is 1. The average Bonchev–Trinajstić information content (AvgIpc) is 2.41. The fraction of sp³-hybridized carbons (Fsp3) is 0.357. The van der Waals surface area contributed by atoms with Gasteiger partial charge < -0.3 is 9.47 Å². The average molecular weight is 267 g/mol. The third kappa shape index (κ3) is 2.85. The molecule has 18 heavy (non-hydrogen) atoms. The Kier molecular flexibility index (Phi) is 4.26. The molecule has 1 aliphatic carbocycles. The molecule has 1 atom stereocenters. The van der Waals surface area contributed by atoms with Gasteiger partial charge in [-0.1, -0.05) is 17.7 Å². The summed E-state index contributed by atoms with van der Waals surface area (Å²) in [6.07, 6.45) is 7.96. The molecular weight excluding hydrogens is 252 g/mol. The van der Waals surface area contributed by atoms with E-state index in [-0.39, 0.29) is 6.10 Å². The second kappa shape index (κ2) is 5.91. The highest BCUT2D eigenvalue weighted by atomic mass is 35.5. The van der Waals surface area contributed by atoms with Crippen molar-refractivity contribution in [2.45, 2.75) is 25.4 Å². The van der Waals surface area contributed by atoms with Crippen LogP contribution in [0.3, 0.4) is 0 Å². The van der Waals surface area contributed by atoms with Crippen LogP contribution in [0.1, 0.15) is 29.6 Å². The molecule has 0 bridgehead atoms. The Morgan fingerprint density at radius 3 is 2.89 bits per heavy atom. The number of ether oxygens (including phenoxy) is 2. The van der Waals surface area contributed by atoms with Crippen molar-refractivity contribution < 1.29 is 14.3 Å². The second-order valence-corrected chi connectivity index (χ2v) is 4.60. The first-order valence-electron chi connectivity index (χ1n) is 5.90. The molecule has 0 saturated heterocycles. The highest BCUT2D eigenvalue weighted by molar-refractivity contribution is 6.31. The first kappa shape index (κ1) is 13.0. The van der Waals surface area contributed by atoms with Crippen LogP contribution in [0.4, 0.5) is 0 Å². The lowest BCUT2D eigenvalue weighted by Gasteiger charge is -2.21. The van der Waals surface area contributed by atoms with Crippen molar-refractivity contribution in [3.8, 4) is 11.5 Å². The van der Waals surface area contributed by atoms with E-state index in [4.69, 9.17) is 21.1 Å². The quantitative estimate of drug-likeness (QED) is 0.616. The van der Waals surface area contributed by atoms with Crippen LogP contribution in [-0.2, 0) is 0 Å². The van der Waals surface area contributed by atoms with Crippen LogP contribution in [0.2, 0.25) is 5.02 Å². The molecule has 2 rings (SSSR count). The van der Waals surface area contributed by atoms with Gasteiger partial charge in [0.25, 0.3) is 0 Å². The van der Waals surface area contributed by atoms with Crippen molar-refractivity contribution in [2.24, 2.45) is 0 Å². The van der Waals surface area contributed by atoms with Crippen molar-refractivity contribution in [3.63, 3.8) is 0 Å². The minimum absolute atomic E-state index is 0.00692. The van der Waals surface area contributed by atoms with E-state index in [1.54, 1.807) is 12.1 Å². The van der Waals surface area contributed by atoms with Gasteiger partial charge in [0.15, 0.2) is 17.8 Å². The Morgan fingerprint density at radius 1 is 1.44 bits per heavy atom. The highest BCUT2D eigenvalue weighted by Crippen LogP contribution is 2.35. The second-order valence-electron chi connectivity index (χ2n) is 4.16. The summed E-state index contributed by atoms with van der Waals surface area (Å²) in [4.78, 5) is 11.1. The zero-order valence-electron chi connectivity index (χ0n) is 10.2. The molecule has 1 aromatic carbocycles. The molecule has 0 N–H and O–H groups in total. The molecule has 0 aromatic heterocycles. The maximum Gasteiger partial charge on any atom is 0.172 e. The molecule has 0 amide bonds. The molecule has 96 valence electrons. The van der Waals surface area contributed by atoms with Crippen LogP contribution in [-0.4, -0.2) is 19.5 Å². The summed E-state index contributed by atoms with van der Waals surface area (Å²) in [5, 5.41) is 0.459. The normalized spacial score (nSPS) is 18.4. The summed E-state index contributed by atoms with van der Waals surface area (Å²) in [6, 6.07) is 3.23. The van der Waals surface area contributed by atoms with Crippen molar-refractivity contribution in [2.75, 3.05) is 7.11 Å². The van der Waals surface area contributed by atoms with Gasteiger partial charge in [0.1, 0.15) is 6.10 Å². The standard InChI is InChI=1S/C14H15ClO3/c1-17-13-8-11(15)7-10(9-16)14(13)18-12-5-3-2-4-6-12/h3,5,7-9,12H,2,4,6H2,1H3. The topological polar surface area (TPSA) is 35.5 Å². The Labute approximate surface area is 111 Å². The van der Waals surface area contributed by atoms with Gasteiger partial charge >= 0.3 is 0 Å². The Morgan fingerprint density at radius 2 is 2.28 bits per heavy atom. The number of benzene rings is 1. The van der Waals surface area contributed by atoms with Gasteiger partial charge in [0.2, 0.25) is 0 Å². The SMILES string of the molecule is COc1cc(Cl)cc(C=O)c1OC1C=CCCC1. The lowest BCUT2D eigenvalue weighted by molar-refractivity contribution is 0.111. The Balaban J connectivity index is 2.32. The van der Waals surface area contributed by atoms with Gasteiger partial charge in [-0.25, -0.2) is 0 Å². The van der Waals surface area contributed by atoms with Crippen LogP contribution < -0.4 is 9.47 Å². The predicted octanol–water partition coefficient (Wildman–Crippen LogP) is 3.65. The summed E-state index contributed by atoms with van der Waals surface area (Å²) < 4.78 is 11.1. The van der Waals surface area contributed by atoms with Gasteiger partial charge in [-0.15, -0.1) is 0 Å². The number of carbonyl (C=O) groups excluding carboxylic acids is 1. The van der Waals surface area contributed by atoms with Gasteiger partial charge in [-0.05, 0) is 31.4 Å². The number of allylic oxidation sites excluding steroid dienone is 1. The van der Waals surface area contributed by atoms with Gasteiger partial charge in [0, 0.05) is 11.1 Å². The molecule has 4 heteroatoms. The molecule has 0 fully saturated rings. The van der Waals surface area contributed by atoms with Crippen LogP contribution in [0.25, 0.3) is 0 Å². The van der Waals surface area contributed by atoms with E-state index in [0.29, 0.717) is 22.1 Å². The number of carbonyl (C=O) groups is 1. The van der Waals surface area contributed by atoms with Crippen LogP contribution in [0.5, 0.6) is 11.5 Å². The lowest BCUT2D eigenvalue weighted by Crippen LogP contribution is -2.17. The van der Waals surface area contributed by atoms with Crippen molar-refractivity contribution in [1.82, 2.24) is 0 Å². The van der Waals surface area contributed by atoms with Gasteiger partial charge in [-0.3, -0.25) is 4.79 Å². The van der Waals surface area contributed by atoms with Gasteiger partial charge in [-0.2, -0.15) is 0 Å². The predicted molar refractivity (Wildman–Crippen MR) is 70.8 cm³/mol. The van der Waals surface area contributed by atoms with E-state index in [9.17, 15) is 4.79 Å². The maximum absolute atomic E-state index is 11.1. The zero-order chi connectivity index (χ0) is 13.0. The number of hydrogen-bond donors (Lipinski definition) is 0. The summed E-state index contributed by atoms with van der Waals surface area (Å²) in [5.74, 6) is 0.956. The molecule has 0 heterocycles. The molecule has 1 aromatic rings. The Bertz CT molecular complexity index is 468. The van der Waals surface area contributed by atoms with E-state index in [2.05, 4.69) is 6.08 Å². The van der Waals surface area contributed by atoms with Gasteiger partial charge in [0.05, 0.1) is 12.7 Å². The fourth-order valence-corrected chi connectivity index (χ4v) is 2.20. The summed E-state index contributed by atoms with van der Waals surface area (Å²) >= 11 is 5.91. The summed E-state index contributed by atoms with van der Waals surface area (Å²) in [7, 11) is 1.53. The minimum Gasteiger partial charge on any atom is -0.493 e. The monoisotopic (exact) mass is 266 g/mol. The molecule has 3 nitrogen and oxygen atoms in total. The molecule has 0 spiro atoms. The number of aldehydes is 1. The fourth-order valence-electron chi connectivity index (χ4n) is 1.98. The van der Waals surface area contributed by atoms with Crippen LogP contribution in [0, 0.1) is 0 Å². The molecule has 0 saturated carbocycles. The van der Waals surface area contributed by atoms with E-state index >= 15 is 0 Å². The minimum atomic E-state index is -0.00692. The van der Waals surface area contributed by atoms with Crippen molar-refractivity contribution in [3.05, 3.63) is 34.9 Å². The van der Waals surface area contributed by atoms with E-state index in [1.165, 1.54) is 7.11 Å². The lowest BCUT2D eigenvalue weighted by atomic mass is 10.1. The summed E-state index contributed by atoms with van der Waals surface area (Å²) in [6.45, 7) is 0. The zero-order valence-corrected chi connectivity index (χ0v) is 10.9. The maximum atomic E-state index is 11.1. The number of hydrogen-bond acceptors (Lipinski definition) is 3. The number of rotatable bonds is 4. The third-order valence-electron chi connectivity index (χ3n) is 2.87. The van der Waals surface area contributed by atoms with E-state index < -0.39 is 0 Å². The smallest absolute Gasteiger partial charge is 0.172 e. The Hall–Kier alpha value is -1.48. The number of methoxy groups -OCH3 is 1. The summed E-state index contributed by atoms with van der Waals surface area (Å²) in [5.41, 5.74) is 0.415. The van der Waals surface area contributed by atoms with Crippen molar-refractivity contribution in [1.29, 1.82) is 0 Å². The highest BCUT2D eigenvalue weighted by Gasteiger charge is 2.17. The molecule has 1 unspecified atom stereocenters. The molecule has 0 radical (unpaired) electrons. The van der Waals surface area contributed by atoms with Crippen LogP contribution in [0.15, 0.2) is 24.3 Å². The van der Waals surface area contributed by atoms with Crippen LogP contribution >= 0.6 is 11.6 Å².